The topological polar surface area (TPSA) is 99.8 Å². The van der Waals surface area contributed by atoms with Gasteiger partial charge in [-0.1, -0.05) is 11.8 Å². The summed E-state index contributed by atoms with van der Waals surface area (Å²) in [6, 6.07) is 0.0273. The van der Waals surface area contributed by atoms with Crippen molar-refractivity contribution in [3.8, 4) is 0 Å². The molecule has 0 aliphatic carbocycles. The fourth-order valence-corrected chi connectivity index (χ4v) is 3.45. The molecule has 0 aromatic carbocycles. The number of carbonyl (C=O) groups is 3. The van der Waals surface area contributed by atoms with Crippen molar-refractivity contribution >= 4 is 30.2 Å². The Hall–Kier alpha value is -1.90. The van der Waals surface area contributed by atoms with E-state index >= 15 is 0 Å². The number of hydrogen-bond donors (Lipinski definition) is 3. The highest BCUT2D eigenvalue weighted by Crippen LogP contribution is 2.22. The smallest absolute Gasteiger partial charge is 0.407 e. The lowest BCUT2D eigenvalue weighted by Crippen LogP contribution is -2.48. The maximum atomic E-state index is 12.4. The Morgan fingerprint density at radius 1 is 1.40 bits per heavy atom. The quantitative estimate of drug-likeness (QED) is 0.627. The number of carbonyl (C=O) groups excluding carboxylic acids is 3. The molecule has 1 unspecified atom stereocenters. The number of hydrogen-bond acceptors (Lipinski definition) is 6. The molecule has 9 heteroatoms. The largest absolute Gasteiger partial charge is 0.444 e. The number of alkyl carbamates (subject to hydrolysis) is 1. The molecule has 25 heavy (non-hydrogen) atoms. The van der Waals surface area contributed by atoms with Gasteiger partial charge in [0, 0.05) is 24.8 Å². The minimum atomic E-state index is -0.517. The van der Waals surface area contributed by atoms with E-state index in [0.717, 1.165) is 5.70 Å². The molecule has 3 amide bonds. The molecule has 1 saturated heterocycles. The number of nitrogens with zero attached hydrogens (tertiary/aromatic N) is 1. The molecule has 2 aliphatic heterocycles. The number of piperidine rings is 1. The normalized spacial score (nSPS) is 21.2. The Labute approximate surface area is 152 Å². The summed E-state index contributed by atoms with van der Waals surface area (Å²) in [7, 11) is 0. The summed E-state index contributed by atoms with van der Waals surface area (Å²) in [5.74, 6) is 0.0434. The van der Waals surface area contributed by atoms with E-state index in [1.54, 1.807) is 4.90 Å². The van der Waals surface area contributed by atoms with Crippen molar-refractivity contribution in [2.45, 2.75) is 57.2 Å². The van der Waals surface area contributed by atoms with Gasteiger partial charge in [-0.2, -0.15) is 0 Å². The van der Waals surface area contributed by atoms with Crippen molar-refractivity contribution in [3.63, 3.8) is 0 Å². The molecule has 8 nitrogen and oxygen atoms in total. The van der Waals surface area contributed by atoms with E-state index in [2.05, 4.69) is 16.0 Å². The van der Waals surface area contributed by atoms with Gasteiger partial charge in [-0.3, -0.25) is 9.59 Å². The molecule has 0 saturated carbocycles. The van der Waals surface area contributed by atoms with Crippen LogP contribution < -0.4 is 16.0 Å². The van der Waals surface area contributed by atoms with Crippen molar-refractivity contribution in [1.82, 2.24) is 20.9 Å². The fourth-order valence-electron chi connectivity index (χ4n) is 2.64. The van der Waals surface area contributed by atoms with Crippen LogP contribution in [0.3, 0.4) is 0 Å². The summed E-state index contributed by atoms with van der Waals surface area (Å²) in [6.07, 6.45) is 1.92. The first-order valence-corrected chi connectivity index (χ1v) is 9.29. The Morgan fingerprint density at radius 2 is 2.08 bits per heavy atom. The molecule has 2 heterocycles. The van der Waals surface area contributed by atoms with Crippen molar-refractivity contribution in [2.24, 2.45) is 0 Å². The van der Waals surface area contributed by atoms with Gasteiger partial charge >= 0.3 is 6.09 Å². The average molecular weight is 370 g/mol. The van der Waals surface area contributed by atoms with E-state index in [9.17, 15) is 14.4 Å². The summed E-state index contributed by atoms with van der Waals surface area (Å²) < 4.78 is 5.25. The standard InChI is InChI=1S/C16H26N4O4S/c1-16(2,3)24-15(23)19-11-4-6-20(7-5-11)13(22)8-12-9-25-14(18-12)17-10-21/h9-11,14,18H,4-8H2,1-3H3,(H,17,21)(H,19,23). The second-order valence-corrected chi connectivity index (χ2v) is 8.05. The Morgan fingerprint density at radius 3 is 2.68 bits per heavy atom. The summed E-state index contributed by atoms with van der Waals surface area (Å²) in [6.45, 7) is 6.69. The van der Waals surface area contributed by atoms with Gasteiger partial charge in [0.05, 0.1) is 6.42 Å². The van der Waals surface area contributed by atoms with E-state index in [1.165, 1.54) is 11.8 Å². The molecule has 3 N–H and O–H groups in total. The highest BCUT2D eigenvalue weighted by molar-refractivity contribution is 8.02. The monoisotopic (exact) mass is 370 g/mol. The van der Waals surface area contributed by atoms with Gasteiger partial charge in [-0.05, 0) is 39.0 Å². The van der Waals surface area contributed by atoms with Crippen molar-refractivity contribution in [2.75, 3.05) is 13.1 Å². The number of likely N-dealkylation sites (tertiary alicyclic amines) is 1. The van der Waals surface area contributed by atoms with Crippen LogP contribution in [0.4, 0.5) is 4.79 Å². The molecule has 2 aliphatic rings. The van der Waals surface area contributed by atoms with Gasteiger partial charge in [0.25, 0.3) is 0 Å². The molecular weight excluding hydrogens is 344 g/mol. The van der Waals surface area contributed by atoms with Gasteiger partial charge in [-0.15, -0.1) is 0 Å². The van der Waals surface area contributed by atoms with Gasteiger partial charge in [0.15, 0.2) is 5.50 Å². The van der Waals surface area contributed by atoms with Crippen molar-refractivity contribution in [1.29, 1.82) is 0 Å². The third-order valence-corrected chi connectivity index (χ3v) is 4.74. The maximum Gasteiger partial charge on any atom is 0.407 e. The first-order chi connectivity index (χ1) is 11.8. The maximum absolute atomic E-state index is 12.4. The van der Waals surface area contributed by atoms with Crippen LogP contribution in [-0.4, -0.2) is 53.5 Å². The molecular formula is C16H26N4O4S. The van der Waals surface area contributed by atoms with Crippen molar-refractivity contribution < 1.29 is 19.1 Å². The first-order valence-electron chi connectivity index (χ1n) is 8.35. The van der Waals surface area contributed by atoms with Gasteiger partial charge in [0.2, 0.25) is 12.3 Å². The summed E-state index contributed by atoms with van der Waals surface area (Å²) >= 11 is 1.43. The molecule has 0 aromatic rings. The Kier molecular flexibility index (Phi) is 6.57. The molecule has 0 aromatic heterocycles. The molecule has 1 atom stereocenters. The van der Waals surface area contributed by atoms with E-state index in [4.69, 9.17) is 4.74 Å². The number of thioether (sulfide) groups is 1. The molecule has 0 radical (unpaired) electrons. The Balaban J connectivity index is 1.70. The summed E-state index contributed by atoms with van der Waals surface area (Å²) in [5.41, 5.74) is 0.0876. The molecule has 140 valence electrons. The third-order valence-electron chi connectivity index (χ3n) is 3.79. The van der Waals surface area contributed by atoms with Gasteiger partial charge < -0.3 is 25.6 Å². The van der Waals surface area contributed by atoms with E-state index in [-0.39, 0.29) is 23.9 Å². The van der Waals surface area contributed by atoms with E-state index < -0.39 is 11.7 Å². The van der Waals surface area contributed by atoms with E-state index in [0.29, 0.717) is 32.3 Å². The van der Waals surface area contributed by atoms with Crippen LogP contribution in [0, 0.1) is 0 Å². The lowest BCUT2D eigenvalue weighted by atomic mass is 10.0. The van der Waals surface area contributed by atoms with Gasteiger partial charge in [-0.25, -0.2) is 4.79 Å². The lowest BCUT2D eigenvalue weighted by molar-refractivity contribution is -0.131. The van der Waals surface area contributed by atoms with Crippen LogP contribution in [0.5, 0.6) is 0 Å². The number of ether oxygens (including phenoxy) is 1. The Bertz CT molecular complexity index is 539. The summed E-state index contributed by atoms with van der Waals surface area (Å²) in [5, 5.41) is 10.4. The molecule has 0 spiro atoms. The zero-order valence-electron chi connectivity index (χ0n) is 14.8. The second-order valence-electron chi connectivity index (χ2n) is 7.07. The average Bonchev–Trinajstić information content (AvgIpc) is 2.93. The first kappa shape index (κ1) is 19.4. The van der Waals surface area contributed by atoms with Gasteiger partial charge in [0.1, 0.15) is 5.60 Å². The lowest BCUT2D eigenvalue weighted by Gasteiger charge is -2.33. The predicted molar refractivity (Wildman–Crippen MR) is 95.4 cm³/mol. The van der Waals surface area contributed by atoms with Crippen LogP contribution in [0.25, 0.3) is 0 Å². The van der Waals surface area contributed by atoms with Crippen LogP contribution >= 0.6 is 11.8 Å². The minimum absolute atomic E-state index is 0.0273. The third kappa shape index (κ3) is 6.49. The predicted octanol–water partition coefficient (Wildman–Crippen LogP) is 1.10. The number of rotatable bonds is 5. The molecule has 2 rings (SSSR count). The van der Waals surface area contributed by atoms with Crippen LogP contribution in [0.2, 0.25) is 0 Å². The highest BCUT2D eigenvalue weighted by atomic mass is 32.2. The highest BCUT2D eigenvalue weighted by Gasteiger charge is 2.27. The fraction of sp³-hybridized carbons (Fsp3) is 0.688. The second kappa shape index (κ2) is 8.46. The minimum Gasteiger partial charge on any atom is -0.444 e. The zero-order valence-corrected chi connectivity index (χ0v) is 15.6. The zero-order chi connectivity index (χ0) is 18.4. The van der Waals surface area contributed by atoms with E-state index in [1.807, 2.05) is 26.2 Å². The molecule has 0 bridgehead atoms. The van der Waals surface area contributed by atoms with Crippen LogP contribution in [0.1, 0.15) is 40.0 Å². The SMILES string of the molecule is CC(C)(C)OC(=O)NC1CCN(C(=O)CC2=CSC(NC=O)N2)CC1. The molecule has 1 fully saturated rings. The van der Waals surface area contributed by atoms with Crippen LogP contribution in [0.15, 0.2) is 11.1 Å². The summed E-state index contributed by atoms with van der Waals surface area (Å²) in [4.78, 5) is 36.4. The number of amides is 3. The van der Waals surface area contributed by atoms with Crippen LogP contribution in [-0.2, 0) is 14.3 Å². The van der Waals surface area contributed by atoms with Crippen molar-refractivity contribution in [3.05, 3.63) is 11.1 Å². The number of nitrogens with one attached hydrogen (secondary N) is 3.